The lowest BCUT2D eigenvalue weighted by Crippen LogP contribution is -1.99. The number of carbonyl (C=O) groups is 1. The van der Waals surface area contributed by atoms with Crippen LogP contribution in [0.4, 0.5) is 4.39 Å². The average molecular weight is 286 g/mol. The van der Waals surface area contributed by atoms with Crippen molar-refractivity contribution in [1.29, 1.82) is 0 Å². The number of hydrogen-bond acceptors (Lipinski definition) is 2. The van der Waals surface area contributed by atoms with Crippen molar-refractivity contribution in [1.82, 2.24) is 0 Å². The monoisotopic (exact) mass is 286 g/mol. The summed E-state index contributed by atoms with van der Waals surface area (Å²) in [6.45, 7) is 2.08. The molecule has 0 unspecified atom stereocenters. The van der Waals surface area contributed by atoms with Crippen molar-refractivity contribution in [2.24, 2.45) is 0 Å². The molecule has 0 aliphatic heterocycles. The lowest BCUT2D eigenvalue weighted by molar-refractivity contribution is -0.131. The van der Waals surface area contributed by atoms with Crippen LogP contribution >= 0.6 is 0 Å². The number of carboxylic acid groups (broad SMARTS) is 1. The number of benzene rings is 2. The van der Waals surface area contributed by atoms with Gasteiger partial charge in [0.1, 0.15) is 18.2 Å². The molecule has 108 valence electrons. The summed E-state index contributed by atoms with van der Waals surface area (Å²) >= 11 is 0. The first-order chi connectivity index (χ1) is 10.1. The van der Waals surface area contributed by atoms with Crippen LogP contribution in [0, 0.1) is 12.7 Å². The Bertz CT molecular complexity index is 677. The fourth-order valence-corrected chi connectivity index (χ4v) is 1.87. The van der Waals surface area contributed by atoms with Crippen LogP contribution in [0.5, 0.6) is 5.75 Å². The molecule has 0 amide bonds. The van der Waals surface area contributed by atoms with Gasteiger partial charge in [0.15, 0.2) is 0 Å². The van der Waals surface area contributed by atoms with Crippen LogP contribution in [-0.4, -0.2) is 11.1 Å². The molecule has 0 aliphatic rings. The van der Waals surface area contributed by atoms with Crippen LogP contribution in [0.15, 0.2) is 48.5 Å². The van der Waals surface area contributed by atoms with Gasteiger partial charge < -0.3 is 9.84 Å². The molecule has 2 rings (SSSR count). The zero-order chi connectivity index (χ0) is 15.2. The van der Waals surface area contributed by atoms with E-state index in [1.54, 1.807) is 12.1 Å². The van der Waals surface area contributed by atoms with Crippen LogP contribution < -0.4 is 4.74 Å². The molecular weight excluding hydrogens is 271 g/mol. The predicted molar refractivity (Wildman–Crippen MR) is 78.6 cm³/mol. The van der Waals surface area contributed by atoms with Crippen LogP contribution in [0.2, 0.25) is 0 Å². The Morgan fingerprint density at radius 3 is 2.81 bits per heavy atom. The fraction of sp³-hybridized carbons (Fsp3) is 0.118. The Hall–Kier alpha value is -2.62. The molecular formula is C17H15FO3. The second-order valence-corrected chi connectivity index (χ2v) is 4.57. The number of hydrogen-bond donors (Lipinski definition) is 1. The molecule has 2 aromatic carbocycles. The van der Waals surface area contributed by atoms with E-state index < -0.39 is 5.97 Å². The maximum absolute atomic E-state index is 13.2. The van der Waals surface area contributed by atoms with Gasteiger partial charge in [0.25, 0.3) is 0 Å². The normalized spacial score (nSPS) is 10.8. The topological polar surface area (TPSA) is 46.5 Å². The molecule has 0 fully saturated rings. The van der Waals surface area contributed by atoms with E-state index in [1.807, 2.05) is 25.1 Å². The molecule has 0 spiro atoms. The minimum Gasteiger partial charge on any atom is -0.489 e. The molecule has 0 bridgehead atoms. The van der Waals surface area contributed by atoms with Crippen LogP contribution in [-0.2, 0) is 11.4 Å². The molecule has 0 heterocycles. The smallest absolute Gasteiger partial charge is 0.328 e. The van der Waals surface area contributed by atoms with Crippen molar-refractivity contribution in [3.05, 3.63) is 71.0 Å². The minimum absolute atomic E-state index is 0.241. The SMILES string of the molecule is Cc1ccc(F)cc1OCc1ccccc1/C=C/C(=O)O. The molecule has 0 saturated carbocycles. The van der Waals surface area contributed by atoms with Gasteiger partial charge in [0, 0.05) is 12.1 Å². The van der Waals surface area contributed by atoms with E-state index in [0.717, 1.165) is 22.8 Å². The van der Waals surface area contributed by atoms with Gasteiger partial charge in [-0.25, -0.2) is 9.18 Å². The first-order valence-electron chi connectivity index (χ1n) is 6.44. The Morgan fingerprint density at radius 2 is 2.05 bits per heavy atom. The minimum atomic E-state index is -1.01. The van der Waals surface area contributed by atoms with Gasteiger partial charge in [-0.2, -0.15) is 0 Å². The largest absolute Gasteiger partial charge is 0.489 e. The van der Waals surface area contributed by atoms with E-state index in [4.69, 9.17) is 9.84 Å². The van der Waals surface area contributed by atoms with Crippen molar-refractivity contribution in [2.45, 2.75) is 13.5 Å². The molecule has 0 aromatic heterocycles. The van der Waals surface area contributed by atoms with Crippen LogP contribution in [0.3, 0.4) is 0 Å². The van der Waals surface area contributed by atoms with E-state index in [1.165, 1.54) is 18.2 Å². The molecule has 1 N–H and O–H groups in total. The summed E-state index contributed by atoms with van der Waals surface area (Å²) in [5, 5.41) is 8.68. The van der Waals surface area contributed by atoms with Gasteiger partial charge in [-0.15, -0.1) is 0 Å². The lowest BCUT2D eigenvalue weighted by atomic mass is 10.1. The zero-order valence-corrected chi connectivity index (χ0v) is 11.5. The van der Waals surface area contributed by atoms with Crippen LogP contribution in [0.1, 0.15) is 16.7 Å². The maximum atomic E-state index is 13.2. The number of halogens is 1. The van der Waals surface area contributed by atoms with E-state index >= 15 is 0 Å². The number of rotatable bonds is 5. The molecule has 2 aromatic rings. The number of carboxylic acids is 1. The molecule has 3 nitrogen and oxygen atoms in total. The van der Waals surface area contributed by atoms with Gasteiger partial charge in [0.05, 0.1) is 0 Å². The fourth-order valence-electron chi connectivity index (χ4n) is 1.87. The highest BCUT2D eigenvalue weighted by molar-refractivity contribution is 5.85. The average Bonchev–Trinajstić information content (AvgIpc) is 2.47. The summed E-state index contributed by atoms with van der Waals surface area (Å²) in [5.41, 5.74) is 2.43. The summed E-state index contributed by atoms with van der Waals surface area (Å²) < 4.78 is 18.8. The molecule has 0 aliphatic carbocycles. The van der Waals surface area contributed by atoms with Crippen molar-refractivity contribution >= 4 is 12.0 Å². The summed E-state index contributed by atoms with van der Waals surface area (Å²) in [6, 6.07) is 11.7. The highest BCUT2D eigenvalue weighted by atomic mass is 19.1. The summed E-state index contributed by atoms with van der Waals surface area (Å²) in [5.74, 6) is -0.881. The summed E-state index contributed by atoms with van der Waals surface area (Å²) in [7, 11) is 0. The third-order valence-corrected chi connectivity index (χ3v) is 2.99. The standard InChI is InChI=1S/C17H15FO3/c1-12-6-8-15(18)10-16(12)21-11-14-5-3-2-4-13(14)7-9-17(19)20/h2-10H,11H2,1H3,(H,19,20)/b9-7+. The van der Waals surface area contributed by atoms with Crippen molar-refractivity contribution in [3.8, 4) is 5.75 Å². The van der Waals surface area contributed by atoms with E-state index in [0.29, 0.717) is 5.75 Å². The van der Waals surface area contributed by atoms with E-state index in [-0.39, 0.29) is 12.4 Å². The lowest BCUT2D eigenvalue weighted by Gasteiger charge is -2.11. The third-order valence-electron chi connectivity index (χ3n) is 2.99. The second-order valence-electron chi connectivity index (χ2n) is 4.57. The number of aryl methyl sites for hydroxylation is 1. The Morgan fingerprint density at radius 1 is 1.29 bits per heavy atom. The molecule has 0 atom stereocenters. The third kappa shape index (κ3) is 4.18. The predicted octanol–water partition coefficient (Wildman–Crippen LogP) is 3.81. The van der Waals surface area contributed by atoms with Gasteiger partial charge >= 0.3 is 5.97 Å². The van der Waals surface area contributed by atoms with E-state index in [9.17, 15) is 9.18 Å². The quantitative estimate of drug-likeness (QED) is 0.850. The first kappa shape index (κ1) is 14.8. The molecule has 21 heavy (non-hydrogen) atoms. The van der Waals surface area contributed by atoms with Crippen molar-refractivity contribution in [3.63, 3.8) is 0 Å². The van der Waals surface area contributed by atoms with Gasteiger partial charge in [0.2, 0.25) is 0 Å². The maximum Gasteiger partial charge on any atom is 0.328 e. The highest BCUT2D eigenvalue weighted by Crippen LogP contribution is 2.21. The van der Waals surface area contributed by atoms with Crippen LogP contribution in [0.25, 0.3) is 6.08 Å². The molecule has 4 heteroatoms. The van der Waals surface area contributed by atoms with E-state index in [2.05, 4.69) is 0 Å². The first-order valence-corrected chi connectivity index (χ1v) is 6.44. The molecule has 0 radical (unpaired) electrons. The van der Waals surface area contributed by atoms with Gasteiger partial charge in [-0.1, -0.05) is 30.3 Å². The molecule has 0 saturated heterocycles. The van der Waals surface area contributed by atoms with Gasteiger partial charge in [-0.3, -0.25) is 0 Å². The second kappa shape index (κ2) is 6.70. The van der Waals surface area contributed by atoms with Crippen molar-refractivity contribution in [2.75, 3.05) is 0 Å². The zero-order valence-electron chi connectivity index (χ0n) is 11.5. The number of ether oxygens (including phenoxy) is 1. The Labute approximate surface area is 122 Å². The Balaban J connectivity index is 2.16. The van der Waals surface area contributed by atoms with Gasteiger partial charge in [-0.05, 0) is 35.8 Å². The highest BCUT2D eigenvalue weighted by Gasteiger charge is 2.04. The Kier molecular flexibility index (Phi) is 4.72. The van der Waals surface area contributed by atoms with Crippen molar-refractivity contribution < 1.29 is 19.0 Å². The number of aliphatic carboxylic acids is 1. The summed E-state index contributed by atoms with van der Waals surface area (Å²) in [6.07, 6.45) is 2.59. The summed E-state index contributed by atoms with van der Waals surface area (Å²) in [4.78, 5) is 10.6.